The second kappa shape index (κ2) is 4.42. The van der Waals surface area contributed by atoms with Gasteiger partial charge in [-0.25, -0.2) is 8.78 Å². The summed E-state index contributed by atoms with van der Waals surface area (Å²) in [6, 6.07) is 2.78. The molecule has 0 aromatic heterocycles. The number of nitrogens with one attached hydrogen (secondary N) is 1. The summed E-state index contributed by atoms with van der Waals surface area (Å²) in [4.78, 5) is 0. The van der Waals surface area contributed by atoms with Gasteiger partial charge in [0, 0.05) is 6.54 Å². The number of halogens is 3. The average Bonchev–Trinajstić information content (AvgIpc) is 2.09. The fraction of sp³-hybridized carbons (Fsp3) is 0.333. The van der Waals surface area contributed by atoms with Crippen LogP contribution in [0.25, 0.3) is 0 Å². The number of aryl methyl sites for hydroxylation is 1. The average molecular weight is 206 g/mol. The SMILES string of the molecule is Cc1cc(NCCF)c(Cl)cc1F. The zero-order chi connectivity index (χ0) is 9.84. The number of benzene rings is 1. The Morgan fingerprint density at radius 2 is 2.15 bits per heavy atom. The van der Waals surface area contributed by atoms with E-state index in [0.717, 1.165) is 0 Å². The minimum atomic E-state index is -0.479. The highest BCUT2D eigenvalue weighted by Gasteiger charge is 2.04. The van der Waals surface area contributed by atoms with Crippen molar-refractivity contribution in [2.24, 2.45) is 0 Å². The monoisotopic (exact) mass is 205 g/mol. The van der Waals surface area contributed by atoms with Crippen LogP contribution in [0.1, 0.15) is 5.56 Å². The maximum Gasteiger partial charge on any atom is 0.127 e. The highest BCUT2D eigenvalue weighted by molar-refractivity contribution is 6.33. The van der Waals surface area contributed by atoms with Crippen LogP contribution in [0.4, 0.5) is 14.5 Å². The minimum absolute atomic E-state index is 0.185. The van der Waals surface area contributed by atoms with E-state index in [1.807, 2.05) is 0 Å². The first kappa shape index (κ1) is 10.3. The lowest BCUT2D eigenvalue weighted by Crippen LogP contribution is -2.04. The van der Waals surface area contributed by atoms with E-state index in [4.69, 9.17) is 11.6 Å². The fourth-order valence-electron chi connectivity index (χ4n) is 0.975. The van der Waals surface area contributed by atoms with Gasteiger partial charge in [-0.05, 0) is 24.6 Å². The molecule has 13 heavy (non-hydrogen) atoms. The normalized spacial score (nSPS) is 10.2. The summed E-state index contributed by atoms with van der Waals surface area (Å²) < 4.78 is 24.7. The first-order valence-corrected chi connectivity index (χ1v) is 4.28. The van der Waals surface area contributed by atoms with Crippen molar-refractivity contribution in [3.63, 3.8) is 0 Å². The Bertz CT molecular complexity index is 302. The van der Waals surface area contributed by atoms with Crippen LogP contribution in [0.15, 0.2) is 12.1 Å². The second-order valence-electron chi connectivity index (χ2n) is 2.70. The van der Waals surface area contributed by atoms with E-state index in [1.165, 1.54) is 6.07 Å². The van der Waals surface area contributed by atoms with Gasteiger partial charge >= 0.3 is 0 Å². The van der Waals surface area contributed by atoms with E-state index >= 15 is 0 Å². The Hall–Kier alpha value is -0.830. The molecule has 0 saturated heterocycles. The van der Waals surface area contributed by atoms with Gasteiger partial charge in [0.2, 0.25) is 0 Å². The van der Waals surface area contributed by atoms with Gasteiger partial charge in [-0.2, -0.15) is 0 Å². The predicted octanol–water partition coefficient (Wildman–Crippen LogP) is 3.17. The molecule has 0 aliphatic heterocycles. The van der Waals surface area contributed by atoms with E-state index in [9.17, 15) is 8.78 Å². The van der Waals surface area contributed by atoms with Crippen LogP contribution in [0.5, 0.6) is 0 Å². The molecular weight excluding hydrogens is 196 g/mol. The summed E-state index contributed by atoms with van der Waals surface area (Å²) in [6.45, 7) is 1.34. The van der Waals surface area contributed by atoms with Crippen molar-refractivity contribution in [1.82, 2.24) is 0 Å². The van der Waals surface area contributed by atoms with Crippen molar-refractivity contribution < 1.29 is 8.78 Å². The third kappa shape index (κ3) is 2.56. The summed E-state index contributed by atoms with van der Waals surface area (Å²) in [5.74, 6) is -0.351. The lowest BCUT2D eigenvalue weighted by atomic mass is 10.2. The minimum Gasteiger partial charge on any atom is -0.381 e. The van der Waals surface area contributed by atoms with Crippen LogP contribution >= 0.6 is 11.6 Å². The van der Waals surface area contributed by atoms with Crippen molar-refractivity contribution in [2.75, 3.05) is 18.5 Å². The Kier molecular flexibility index (Phi) is 3.48. The molecule has 1 N–H and O–H groups in total. The molecule has 4 heteroatoms. The number of anilines is 1. The summed E-state index contributed by atoms with van der Waals surface area (Å²) in [6.07, 6.45) is 0. The van der Waals surface area contributed by atoms with Gasteiger partial charge in [-0.1, -0.05) is 11.6 Å². The van der Waals surface area contributed by atoms with Crippen LogP contribution in [0.3, 0.4) is 0 Å². The number of rotatable bonds is 3. The molecule has 0 fully saturated rings. The molecular formula is C9H10ClF2N. The lowest BCUT2D eigenvalue weighted by Gasteiger charge is -2.07. The second-order valence-corrected chi connectivity index (χ2v) is 3.10. The summed E-state index contributed by atoms with van der Waals surface area (Å²) in [5.41, 5.74) is 1.06. The van der Waals surface area contributed by atoms with Crippen molar-refractivity contribution in [2.45, 2.75) is 6.92 Å². The summed E-state index contributed by atoms with van der Waals surface area (Å²) >= 11 is 5.71. The molecule has 0 heterocycles. The lowest BCUT2D eigenvalue weighted by molar-refractivity contribution is 0.512. The highest BCUT2D eigenvalue weighted by atomic mass is 35.5. The molecule has 72 valence electrons. The number of alkyl halides is 1. The number of hydrogen-bond donors (Lipinski definition) is 1. The van der Waals surface area contributed by atoms with Crippen LogP contribution < -0.4 is 5.32 Å². The molecule has 0 amide bonds. The van der Waals surface area contributed by atoms with Gasteiger partial charge in [-0.15, -0.1) is 0 Å². The largest absolute Gasteiger partial charge is 0.381 e. The zero-order valence-electron chi connectivity index (χ0n) is 7.20. The van der Waals surface area contributed by atoms with E-state index in [2.05, 4.69) is 5.32 Å². The first-order valence-electron chi connectivity index (χ1n) is 3.90. The molecule has 0 aliphatic carbocycles. The molecule has 1 aromatic carbocycles. The Labute approximate surface area is 80.7 Å². The maximum atomic E-state index is 12.9. The molecule has 1 aromatic rings. The van der Waals surface area contributed by atoms with Crippen LogP contribution in [-0.4, -0.2) is 13.2 Å². The predicted molar refractivity (Wildman–Crippen MR) is 50.6 cm³/mol. The van der Waals surface area contributed by atoms with Gasteiger partial charge in [0.05, 0.1) is 10.7 Å². The molecule has 1 rings (SSSR count). The van der Waals surface area contributed by atoms with Crippen molar-refractivity contribution in [3.05, 3.63) is 28.5 Å². The molecule has 0 radical (unpaired) electrons. The zero-order valence-corrected chi connectivity index (χ0v) is 7.96. The Balaban J connectivity index is 2.88. The highest BCUT2D eigenvalue weighted by Crippen LogP contribution is 2.24. The van der Waals surface area contributed by atoms with Gasteiger partial charge in [0.15, 0.2) is 0 Å². The van der Waals surface area contributed by atoms with Crippen molar-refractivity contribution in [1.29, 1.82) is 0 Å². The molecule has 0 atom stereocenters. The smallest absolute Gasteiger partial charge is 0.127 e. The molecule has 0 unspecified atom stereocenters. The molecule has 1 nitrogen and oxygen atoms in total. The summed E-state index contributed by atoms with van der Waals surface area (Å²) in [7, 11) is 0. The Morgan fingerprint density at radius 1 is 1.46 bits per heavy atom. The molecule has 0 aliphatic rings. The van der Waals surface area contributed by atoms with E-state index in [0.29, 0.717) is 11.3 Å². The van der Waals surface area contributed by atoms with Crippen LogP contribution in [-0.2, 0) is 0 Å². The summed E-state index contributed by atoms with van der Waals surface area (Å²) in [5, 5.41) is 3.03. The molecule has 0 saturated carbocycles. The van der Waals surface area contributed by atoms with Crippen LogP contribution in [0.2, 0.25) is 5.02 Å². The van der Waals surface area contributed by atoms with Crippen molar-refractivity contribution in [3.8, 4) is 0 Å². The van der Waals surface area contributed by atoms with Gasteiger partial charge in [0.1, 0.15) is 12.5 Å². The quantitative estimate of drug-likeness (QED) is 0.799. The standard InChI is InChI=1S/C9H10ClF2N/c1-6-4-9(13-3-2-11)7(10)5-8(6)12/h4-5,13H,2-3H2,1H3. The third-order valence-electron chi connectivity index (χ3n) is 1.66. The van der Waals surface area contributed by atoms with E-state index in [-0.39, 0.29) is 17.4 Å². The van der Waals surface area contributed by atoms with E-state index < -0.39 is 6.67 Å². The van der Waals surface area contributed by atoms with Crippen molar-refractivity contribution >= 4 is 17.3 Å². The van der Waals surface area contributed by atoms with Gasteiger partial charge in [0.25, 0.3) is 0 Å². The Morgan fingerprint density at radius 3 is 2.77 bits per heavy atom. The topological polar surface area (TPSA) is 12.0 Å². The van der Waals surface area contributed by atoms with Gasteiger partial charge < -0.3 is 5.32 Å². The third-order valence-corrected chi connectivity index (χ3v) is 1.97. The first-order chi connectivity index (χ1) is 6.15. The fourth-order valence-corrected chi connectivity index (χ4v) is 1.19. The van der Waals surface area contributed by atoms with Gasteiger partial charge in [-0.3, -0.25) is 0 Å². The molecule has 0 spiro atoms. The molecule has 0 bridgehead atoms. The maximum absolute atomic E-state index is 12.9. The van der Waals surface area contributed by atoms with Crippen LogP contribution in [0, 0.1) is 12.7 Å². The number of hydrogen-bond acceptors (Lipinski definition) is 1. The van der Waals surface area contributed by atoms with E-state index in [1.54, 1.807) is 13.0 Å².